The molecule has 0 amide bonds. The Morgan fingerprint density at radius 2 is 1.58 bits per heavy atom. The first kappa shape index (κ1) is 23.1. The first-order chi connectivity index (χ1) is 17.8. The lowest BCUT2D eigenvalue weighted by Crippen LogP contribution is -2.49. The average Bonchev–Trinajstić information content (AvgIpc) is 3.72. The number of benzene rings is 2. The molecule has 0 spiro atoms. The van der Waals surface area contributed by atoms with Gasteiger partial charge in [0.25, 0.3) is 0 Å². The highest BCUT2D eigenvalue weighted by atomic mass is 16.5. The molecule has 2 aliphatic rings. The number of hydrogen-bond donors (Lipinski definition) is 0. The normalized spacial score (nSPS) is 17.6. The molecule has 1 aliphatic heterocycles. The molecule has 0 atom stereocenters. The van der Waals surface area contributed by atoms with Crippen molar-refractivity contribution in [3.8, 4) is 34.0 Å². The topological polar surface area (TPSA) is 46.7 Å². The van der Waals surface area contributed by atoms with E-state index in [2.05, 4.69) is 46.2 Å². The molecule has 0 unspecified atom stereocenters. The fourth-order valence-electron chi connectivity index (χ4n) is 5.75. The molecular weight excluding hydrogens is 448 g/mol. The minimum atomic E-state index is 0.814. The van der Waals surface area contributed by atoms with E-state index >= 15 is 0 Å². The summed E-state index contributed by atoms with van der Waals surface area (Å²) in [7, 11) is 1.69. The van der Waals surface area contributed by atoms with E-state index in [1.807, 2.05) is 35.1 Å². The smallest absolute Gasteiger partial charge is 0.152 e. The van der Waals surface area contributed by atoms with Gasteiger partial charge in [-0.15, -0.1) is 0 Å². The van der Waals surface area contributed by atoms with E-state index in [-0.39, 0.29) is 0 Å². The molecule has 6 heteroatoms. The third-order valence-electron chi connectivity index (χ3n) is 7.78. The van der Waals surface area contributed by atoms with Crippen molar-refractivity contribution < 1.29 is 9.15 Å². The first-order valence-corrected chi connectivity index (χ1v) is 13.1. The SMILES string of the molecule is COc1ccc(-c2ccc(-n3ncc(CN4CCN(C5CCCC5)CC4)c3-c3ccco3)cc2)cc1. The third-order valence-corrected chi connectivity index (χ3v) is 7.78. The summed E-state index contributed by atoms with van der Waals surface area (Å²) in [5.74, 6) is 1.72. The van der Waals surface area contributed by atoms with Crippen molar-refractivity contribution in [2.75, 3.05) is 33.3 Å². The molecule has 2 fully saturated rings. The predicted octanol–water partition coefficient (Wildman–Crippen LogP) is 5.87. The van der Waals surface area contributed by atoms with E-state index in [0.717, 1.165) is 59.7 Å². The van der Waals surface area contributed by atoms with Crippen LogP contribution in [0, 0.1) is 0 Å². The van der Waals surface area contributed by atoms with Crippen molar-refractivity contribution in [2.24, 2.45) is 0 Å². The van der Waals surface area contributed by atoms with Crippen LogP contribution in [-0.2, 0) is 6.54 Å². The maximum Gasteiger partial charge on any atom is 0.152 e. The van der Waals surface area contributed by atoms with Crippen LogP contribution in [0.1, 0.15) is 31.2 Å². The Hall–Kier alpha value is -3.35. The summed E-state index contributed by atoms with van der Waals surface area (Å²) in [6.07, 6.45) is 9.32. The number of hydrogen-bond acceptors (Lipinski definition) is 5. The molecule has 6 rings (SSSR count). The van der Waals surface area contributed by atoms with Gasteiger partial charge >= 0.3 is 0 Å². The minimum absolute atomic E-state index is 0.814. The molecule has 1 saturated carbocycles. The second-order valence-corrected chi connectivity index (χ2v) is 9.93. The molecule has 0 radical (unpaired) electrons. The van der Waals surface area contributed by atoms with Crippen LogP contribution in [0.25, 0.3) is 28.3 Å². The van der Waals surface area contributed by atoms with Crippen molar-refractivity contribution >= 4 is 0 Å². The van der Waals surface area contributed by atoms with Crippen LogP contribution in [0.3, 0.4) is 0 Å². The number of ether oxygens (including phenoxy) is 1. The molecule has 3 heterocycles. The van der Waals surface area contributed by atoms with Crippen molar-refractivity contribution in [3.05, 3.63) is 78.7 Å². The van der Waals surface area contributed by atoms with Gasteiger partial charge in [-0.3, -0.25) is 9.80 Å². The highest BCUT2D eigenvalue weighted by Crippen LogP contribution is 2.31. The van der Waals surface area contributed by atoms with Gasteiger partial charge in [-0.05, 0) is 60.4 Å². The quantitative estimate of drug-likeness (QED) is 0.330. The van der Waals surface area contributed by atoms with Gasteiger partial charge in [-0.2, -0.15) is 5.10 Å². The fourth-order valence-corrected chi connectivity index (χ4v) is 5.75. The fraction of sp³-hybridized carbons (Fsp3) is 0.367. The van der Waals surface area contributed by atoms with Crippen LogP contribution in [-0.4, -0.2) is 58.9 Å². The highest BCUT2D eigenvalue weighted by molar-refractivity contribution is 5.67. The molecule has 4 aromatic rings. The summed E-state index contributed by atoms with van der Waals surface area (Å²) in [5, 5.41) is 4.81. The van der Waals surface area contributed by atoms with E-state index < -0.39 is 0 Å². The molecule has 1 aliphatic carbocycles. The van der Waals surface area contributed by atoms with Gasteiger partial charge in [0.15, 0.2) is 5.76 Å². The minimum Gasteiger partial charge on any atom is -0.497 e. The number of piperazine rings is 1. The Labute approximate surface area is 213 Å². The molecule has 2 aromatic carbocycles. The molecule has 0 N–H and O–H groups in total. The number of methoxy groups -OCH3 is 1. The summed E-state index contributed by atoms with van der Waals surface area (Å²) in [4.78, 5) is 5.27. The Morgan fingerprint density at radius 1 is 0.889 bits per heavy atom. The van der Waals surface area contributed by atoms with Gasteiger partial charge in [0.1, 0.15) is 11.4 Å². The molecule has 0 bridgehead atoms. The largest absolute Gasteiger partial charge is 0.497 e. The third kappa shape index (κ3) is 4.71. The number of furan rings is 1. The Kier molecular flexibility index (Phi) is 6.62. The van der Waals surface area contributed by atoms with Gasteiger partial charge in [0.05, 0.1) is 25.3 Å². The van der Waals surface area contributed by atoms with Crippen LogP contribution in [0.2, 0.25) is 0 Å². The van der Waals surface area contributed by atoms with Crippen molar-refractivity contribution in [1.82, 2.24) is 19.6 Å². The zero-order valence-corrected chi connectivity index (χ0v) is 21.0. The van der Waals surface area contributed by atoms with Crippen molar-refractivity contribution in [2.45, 2.75) is 38.3 Å². The van der Waals surface area contributed by atoms with Gasteiger partial charge < -0.3 is 9.15 Å². The van der Waals surface area contributed by atoms with Crippen LogP contribution in [0.4, 0.5) is 0 Å². The molecule has 2 aromatic heterocycles. The Morgan fingerprint density at radius 3 is 2.22 bits per heavy atom. The van der Waals surface area contributed by atoms with E-state index in [9.17, 15) is 0 Å². The first-order valence-electron chi connectivity index (χ1n) is 13.1. The maximum atomic E-state index is 5.87. The summed E-state index contributed by atoms with van der Waals surface area (Å²) in [5.41, 5.74) is 5.59. The number of rotatable bonds is 7. The zero-order valence-electron chi connectivity index (χ0n) is 21.0. The zero-order chi connectivity index (χ0) is 24.3. The van der Waals surface area contributed by atoms with Crippen molar-refractivity contribution in [3.63, 3.8) is 0 Å². The number of nitrogens with zero attached hydrogens (tertiary/aromatic N) is 4. The second-order valence-electron chi connectivity index (χ2n) is 9.93. The van der Waals surface area contributed by atoms with E-state index in [0.29, 0.717) is 0 Å². The standard InChI is InChI=1S/C30H34N4O2/c1-35-28-14-10-24(11-15-28)23-8-12-27(13-9-23)34-30(29-7-4-20-36-29)25(21-31-34)22-32-16-18-33(19-17-32)26-5-2-3-6-26/h4,7-15,20-21,26H,2-3,5-6,16-19,22H2,1H3. The molecular formula is C30H34N4O2. The number of aromatic nitrogens is 2. The molecule has 186 valence electrons. The van der Waals surface area contributed by atoms with Crippen molar-refractivity contribution in [1.29, 1.82) is 0 Å². The average molecular weight is 483 g/mol. The van der Waals surface area contributed by atoms with E-state index in [1.165, 1.54) is 44.3 Å². The van der Waals surface area contributed by atoms with Gasteiger partial charge in [-0.1, -0.05) is 37.1 Å². The van der Waals surface area contributed by atoms with E-state index in [1.54, 1.807) is 13.4 Å². The van der Waals surface area contributed by atoms with Gasteiger partial charge in [0.2, 0.25) is 0 Å². The Balaban J connectivity index is 1.22. The lowest BCUT2D eigenvalue weighted by atomic mass is 10.1. The summed E-state index contributed by atoms with van der Waals surface area (Å²) in [6, 6.07) is 21.5. The van der Waals surface area contributed by atoms with E-state index in [4.69, 9.17) is 14.3 Å². The Bertz CT molecular complexity index is 1250. The van der Waals surface area contributed by atoms with Crippen LogP contribution < -0.4 is 4.74 Å². The van der Waals surface area contributed by atoms with Crippen LogP contribution in [0.15, 0.2) is 77.5 Å². The lowest BCUT2D eigenvalue weighted by Gasteiger charge is -2.38. The lowest BCUT2D eigenvalue weighted by molar-refractivity contribution is 0.0938. The summed E-state index contributed by atoms with van der Waals surface area (Å²) < 4.78 is 13.2. The summed E-state index contributed by atoms with van der Waals surface area (Å²) in [6.45, 7) is 5.44. The molecule has 36 heavy (non-hydrogen) atoms. The monoisotopic (exact) mass is 482 g/mol. The predicted molar refractivity (Wildman–Crippen MR) is 142 cm³/mol. The molecule has 6 nitrogen and oxygen atoms in total. The van der Waals surface area contributed by atoms with Gasteiger partial charge in [0, 0.05) is 44.3 Å². The second kappa shape index (κ2) is 10.3. The highest BCUT2D eigenvalue weighted by Gasteiger charge is 2.27. The molecule has 1 saturated heterocycles. The maximum absolute atomic E-state index is 5.87. The van der Waals surface area contributed by atoms with Crippen LogP contribution in [0.5, 0.6) is 5.75 Å². The van der Waals surface area contributed by atoms with Gasteiger partial charge in [-0.25, -0.2) is 4.68 Å². The summed E-state index contributed by atoms with van der Waals surface area (Å²) >= 11 is 0. The van der Waals surface area contributed by atoms with Crippen LogP contribution >= 0.6 is 0 Å².